The Labute approximate surface area is 119 Å². The van der Waals surface area contributed by atoms with E-state index in [-0.39, 0.29) is 11.4 Å². The van der Waals surface area contributed by atoms with Gasteiger partial charge < -0.3 is 15.2 Å². The van der Waals surface area contributed by atoms with Crippen molar-refractivity contribution >= 4 is 17.5 Å². The van der Waals surface area contributed by atoms with Crippen molar-refractivity contribution in [3.05, 3.63) is 58.0 Å². The number of rotatable bonds is 2. The Morgan fingerprint density at radius 1 is 1.15 bits per heavy atom. The van der Waals surface area contributed by atoms with Crippen molar-refractivity contribution in [1.82, 2.24) is 10.1 Å². The summed E-state index contributed by atoms with van der Waals surface area (Å²) in [6.45, 7) is 0. The van der Waals surface area contributed by atoms with Crippen LogP contribution in [0.1, 0.15) is 0 Å². The topological polar surface area (TPSA) is 84.9 Å². The van der Waals surface area contributed by atoms with Crippen LogP contribution in [0.2, 0.25) is 5.02 Å². The normalized spacial score (nSPS) is 10.7. The van der Waals surface area contributed by atoms with Gasteiger partial charge in [0.15, 0.2) is 0 Å². The second kappa shape index (κ2) is 4.86. The average molecular weight is 288 g/mol. The van der Waals surface area contributed by atoms with Crippen molar-refractivity contribution in [2.75, 3.05) is 5.73 Å². The molecule has 0 atom stereocenters. The van der Waals surface area contributed by atoms with E-state index >= 15 is 0 Å². The van der Waals surface area contributed by atoms with Crippen LogP contribution in [0.3, 0.4) is 0 Å². The summed E-state index contributed by atoms with van der Waals surface area (Å²) in [5.41, 5.74) is 8.25. The highest BCUT2D eigenvalue weighted by Crippen LogP contribution is 2.35. The van der Waals surface area contributed by atoms with Gasteiger partial charge in [-0.1, -0.05) is 28.9 Å². The van der Waals surface area contributed by atoms with Crippen LogP contribution in [-0.2, 0) is 0 Å². The maximum Gasteiger partial charge on any atom is 0.248 e. The fraction of sp³-hybridized carbons (Fsp3) is 0. The zero-order valence-electron chi connectivity index (χ0n) is 10.3. The van der Waals surface area contributed by atoms with Gasteiger partial charge in [-0.3, -0.25) is 4.79 Å². The highest BCUT2D eigenvalue weighted by Gasteiger charge is 2.17. The second-order valence-electron chi connectivity index (χ2n) is 4.22. The van der Waals surface area contributed by atoms with Gasteiger partial charge in [0.1, 0.15) is 5.69 Å². The lowest BCUT2D eigenvalue weighted by atomic mass is 10.0. The Morgan fingerprint density at radius 2 is 1.90 bits per heavy atom. The molecule has 0 saturated carbocycles. The molecule has 0 fully saturated rings. The lowest BCUT2D eigenvalue weighted by Gasteiger charge is -2.02. The molecule has 20 heavy (non-hydrogen) atoms. The number of hydrogen-bond donors (Lipinski definition) is 2. The third kappa shape index (κ3) is 2.19. The van der Waals surface area contributed by atoms with Crippen molar-refractivity contribution in [3.8, 4) is 22.4 Å². The maximum absolute atomic E-state index is 11.4. The number of H-pyrrole nitrogens is 1. The van der Waals surface area contributed by atoms with Crippen molar-refractivity contribution in [1.29, 1.82) is 0 Å². The van der Waals surface area contributed by atoms with Crippen LogP contribution in [0.15, 0.2) is 51.9 Å². The Morgan fingerprint density at radius 3 is 2.60 bits per heavy atom. The van der Waals surface area contributed by atoms with Gasteiger partial charge in [-0.2, -0.15) is 0 Å². The van der Waals surface area contributed by atoms with Crippen LogP contribution >= 0.6 is 11.6 Å². The summed E-state index contributed by atoms with van der Waals surface area (Å²) in [5, 5.41) is 4.57. The molecule has 0 unspecified atom stereocenters. The smallest absolute Gasteiger partial charge is 0.248 e. The molecular formula is C14H10ClN3O2. The molecule has 6 heteroatoms. The number of benzene rings is 1. The third-order valence-corrected chi connectivity index (χ3v) is 3.15. The van der Waals surface area contributed by atoms with Crippen LogP contribution < -0.4 is 11.3 Å². The van der Waals surface area contributed by atoms with E-state index in [9.17, 15) is 4.79 Å². The van der Waals surface area contributed by atoms with Gasteiger partial charge in [0.05, 0.1) is 5.56 Å². The van der Waals surface area contributed by atoms with Crippen molar-refractivity contribution in [3.63, 3.8) is 0 Å². The second-order valence-corrected chi connectivity index (χ2v) is 4.66. The number of nitrogens with zero attached hydrogens (tertiary/aromatic N) is 1. The molecule has 3 aromatic rings. The number of nitrogens with one attached hydrogen (secondary N) is 1. The minimum atomic E-state index is -0.217. The summed E-state index contributed by atoms with van der Waals surface area (Å²) in [5.74, 6) is 0.197. The van der Waals surface area contributed by atoms with E-state index in [0.717, 1.165) is 5.56 Å². The molecule has 0 bridgehead atoms. The number of halogens is 1. The van der Waals surface area contributed by atoms with E-state index in [4.69, 9.17) is 21.9 Å². The van der Waals surface area contributed by atoms with E-state index in [1.165, 1.54) is 6.07 Å². The molecule has 3 rings (SSSR count). The quantitative estimate of drug-likeness (QED) is 0.759. The molecule has 0 aliphatic heterocycles. The molecule has 1 aromatic carbocycles. The van der Waals surface area contributed by atoms with E-state index < -0.39 is 0 Å². The van der Waals surface area contributed by atoms with Crippen LogP contribution in [-0.4, -0.2) is 10.1 Å². The van der Waals surface area contributed by atoms with Gasteiger partial charge in [0.2, 0.25) is 11.4 Å². The minimum absolute atomic E-state index is 0.197. The Kier molecular flexibility index (Phi) is 3.04. The standard InChI is InChI=1S/C14H10ClN3O2/c15-10-3-1-8(2-4-10)12-13(18-20-14(12)16)9-5-6-17-11(19)7-9/h1-7H,16H2,(H,17,19). The first-order valence-electron chi connectivity index (χ1n) is 5.85. The number of anilines is 1. The molecule has 2 heterocycles. The van der Waals surface area contributed by atoms with Crippen LogP contribution in [0.5, 0.6) is 0 Å². The first-order valence-corrected chi connectivity index (χ1v) is 6.23. The molecule has 0 aliphatic carbocycles. The first-order chi connectivity index (χ1) is 9.65. The largest absolute Gasteiger partial charge is 0.367 e. The zero-order valence-corrected chi connectivity index (χ0v) is 11.0. The summed E-state index contributed by atoms with van der Waals surface area (Å²) >= 11 is 5.87. The molecular weight excluding hydrogens is 278 g/mol. The zero-order chi connectivity index (χ0) is 14.1. The average Bonchev–Trinajstić information content (AvgIpc) is 2.82. The third-order valence-electron chi connectivity index (χ3n) is 2.90. The lowest BCUT2D eigenvalue weighted by molar-refractivity contribution is 0.439. The number of aromatic nitrogens is 2. The molecule has 0 saturated heterocycles. The maximum atomic E-state index is 11.4. The lowest BCUT2D eigenvalue weighted by Crippen LogP contribution is -2.02. The van der Waals surface area contributed by atoms with Crippen molar-refractivity contribution in [2.24, 2.45) is 0 Å². The molecule has 3 N–H and O–H groups in total. The predicted octanol–water partition coefficient (Wildman–Crippen LogP) is 2.93. The monoisotopic (exact) mass is 287 g/mol. The summed E-state index contributed by atoms with van der Waals surface area (Å²) in [4.78, 5) is 14.0. The molecule has 0 aliphatic rings. The van der Waals surface area contributed by atoms with E-state index in [1.807, 2.05) is 12.1 Å². The number of pyridine rings is 1. The fourth-order valence-electron chi connectivity index (χ4n) is 1.99. The Balaban J connectivity index is 2.19. The van der Waals surface area contributed by atoms with Gasteiger partial charge in [-0.05, 0) is 23.8 Å². The van der Waals surface area contributed by atoms with Crippen LogP contribution in [0.4, 0.5) is 5.88 Å². The molecule has 5 nitrogen and oxygen atoms in total. The molecule has 0 spiro atoms. The van der Waals surface area contributed by atoms with Gasteiger partial charge in [-0.15, -0.1) is 0 Å². The molecule has 0 amide bonds. The van der Waals surface area contributed by atoms with E-state index in [0.29, 0.717) is 21.8 Å². The highest BCUT2D eigenvalue weighted by molar-refractivity contribution is 6.30. The molecule has 2 aromatic heterocycles. The van der Waals surface area contributed by atoms with Crippen LogP contribution in [0.25, 0.3) is 22.4 Å². The van der Waals surface area contributed by atoms with Gasteiger partial charge >= 0.3 is 0 Å². The molecule has 100 valence electrons. The predicted molar refractivity (Wildman–Crippen MR) is 77.4 cm³/mol. The Hall–Kier alpha value is -2.53. The van der Waals surface area contributed by atoms with E-state index in [1.54, 1.807) is 24.4 Å². The fourth-order valence-corrected chi connectivity index (χ4v) is 2.11. The van der Waals surface area contributed by atoms with Crippen molar-refractivity contribution < 1.29 is 4.52 Å². The minimum Gasteiger partial charge on any atom is -0.367 e. The van der Waals surface area contributed by atoms with Gasteiger partial charge in [0.25, 0.3) is 0 Å². The Bertz CT molecular complexity index is 806. The van der Waals surface area contributed by atoms with Crippen molar-refractivity contribution in [2.45, 2.75) is 0 Å². The summed E-state index contributed by atoms with van der Waals surface area (Å²) in [6.07, 6.45) is 1.55. The molecule has 0 radical (unpaired) electrons. The number of nitrogen functional groups attached to an aromatic ring is 1. The number of hydrogen-bond acceptors (Lipinski definition) is 4. The number of nitrogens with two attached hydrogens (primary N) is 1. The SMILES string of the molecule is Nc1onc(-c2cc[nH]c(=O)c2)c1-c1ccc(Cl)cc1. The summed E-state index contributed by atoms with van der Waals surface area (Å²) in [6, 6.07) is 10.3. The highest BCUT2D eigenvalue weighted by atomic mass is 35.5. The van der Waals surface area contributed by atoms with Crippen LogP contribution in [0, 0.1) is 0 Å². The van der Waals surface area contributed by atoms with Gasteiger partial charge in [0, 0.05) is 22.8 Å². The van der Waals surface area contributed by atoms with Gasteiger partial charge in [-0.25, -0.2) is 0 Å². The summed E-state index contributed by atoms with van der Waals surface area (Å²) < 4.78 is 5.06. The first kappa shape index (κ1) is 12.5. The number of aromatic amines is 1. The van der Waals surface area contributed by atoms with E-state index in [2.05, 4.69) is 10.1 Å². The summed E-state index contributed by atoms with van der Waals surface area (Å²) in [7, 11) is 0.